The van der Waals surface area contributed by atoms with Crippen LogP contribution in [0.15, 0.2) is 29.4 Å². The largest absolute Gasteiger partial charge is 0.369 e. The molecule has 3 rings (SSSR count). The molecule has 5 heteroatoms. The molecular weight excluding hydrogens is 244 g/mol. The summed E-state index contributed by atoms with van der Waals surface area (Å²) in [5, 5.41) is 9.92. The van der Waals surface area contributed by atoms with E-state index in [2.05, 4.69) is 38.1 Å². The highest BCUT2D eigenvalue weighted by atomic mass is 32.1. The molecular formula is C13H16N4S. The molecule has 0 aromatic carbocycles. The molecule has 3 heterocycles. The molecule has 1 aliphatic heterocycles. The van der Waals surface area contributed by atoms with Crippen LogP contribution in [0.1, 0.15) is 12.8 Å². The van der Waals surface area contributed by atoms with Crippen molar-refractivity contribution in [2.45, 2.75) is 12.8 Å². The van der Waals surface area contributed by atoms with Gasteiger partial charge in [-0.15, -0.1) is 11.3 Å². The highest BCUT2D eigenvalue weighted by Gasteiger charge is 2.05. The molecule has 0 bridgehead atoms. The standard InChI is InChI=1S/C13H16N4S/c1-5-14-6-2-10(1)3-7-15-12-11-4-8-18-13(11)17-9-16-12/h1,4,8-9,14H,2-3,5-7H2,(H,15,16,17). The summed E-state index contributed by atoms with van der Waals surface area (Å²) in [5.74, 6) is 0.954. The van der Waals surface area contributed by atoms with Gasteiger partial charge in [-0.05, 0) is 30.8 Å². The lowest BCUT2D eigenvalue weighted by atomic mass is 10.1. The van der Waals surface area contributed by atoms with Crippen LogP contribution in [0, 0.1) is 0 Å². The lowest BCUT2D eigenvalue weighted by Crippen LogP contribution is -2.21. The van der Waals surface area contributed by atoms with Crippen molar-refractivity contribution >= 4 is 27.4 Å². The summed E-state index contributed by atoms with van der Waals surface area (Å²) < 4.78 is 0. The highest BCUT2D eigenvalue weighted by molar-refractivity contribution is 7.16. The molecule has 2 aromatic rings. The minimum Gasteiger partial charge on any atom is -0.369 e. The maximum absolute atomic E-state index is 4.31. The van der Waals surface area contributed by atoms with Gasteiger partial charge in [0.05, 0.1) is 5.39 Å². The third-order valence-electron chi connectivity index (χ3n) is 3.16. The van der Waals surface area contributed by atoms with E-state index in [-0.39, 0.29) is 0 Å². The van der Waals surface area contributed by atoms with E-state index in [9.17, 15) is 0 Å². The number of thiophene rings is 1. The van der Waals surface area contributed by atoms with Gasteiger partial charge >= 0.3 is 0 Å². The van der Waals surface area contributed by atoms with E-state index in [1.165, 1.54) is 12.0 Å². The minimum absolute atomic E-state index is 0.938. The van der Waals surface area contributed by atoms with Gasteiger partial charge in [-0.1, -0.05) is 11.6 Å². The van der Waals surface area contributed by atoms with Gasteiger partial charge in [0.25, 0.3) is 0 Å². The molecule has 2 aromatic heterocycles. The Morgan fingerprint density at radius 2 is 2.39 bits per heavy atom. The lowest BCUT2D eigenvalue weighted by molar-refractivity contribution is 0.683. The van der Waals surface area contributed by atoms with Gasteiger partial charge in [-0.3, -0.25) is 0 Å². The first-order chi connectivity index (χ1) is 8.93. The third-order valence-corrected chi connectivity index (χ3v) is 3.98. The summed E-state index contributed by atoms with van der Waals surface area (Å²) in [6.45, 7) is 3.06. The van der Waals surface area contributed by atoms with Gasteiger partial charge in [-0.25, -0.2) is 9.97 Å². The Balaban J connectivity index is 1.62. The van der Waals surface area contributed by atoms with Gasteiger partial charge in [0.15, 0.2) is 0 Å². The van der Waals surface area contributed by atoms with Gasteiger partial charge in [0, 0.05) is 13.1 Å². The Bertz CT molecular complexity index is 561. The second kappa shape index (κ2) is 5.46. The van der Waals surface area contributed by atoms with Crippen molar-refractivity contribution in [2.24, 2.45) is 0 Å². The number of fused-ring (bicyclic) bond motifs is 1. The molecule has 0 radical (unpaired) electrons. The highest BCUT2D eigenvalue weighted by Crippen LogP contribution is 2.23. The molecule has 0 saturated heterocycles. The van der Waals surface area contributed by atoms with Gasteiger partial charge in [0.2, 0.25) is 0 Å². The number of anilines is 1. The van der Waals surface area contributed by atoms with Crippen LogP contribution in [-0.2, 0) is 0 Å². The summed E-state index contributed by atoms with van der Waals surface area (Å²) in [6.07, 6.45) is 6.19. The minimum atomic E-state index is 0.938. The molecule has 0 unspecified atom stereocenters. The van der Waals surface area contributed by atoms with E-state index in [1.807, 2.05) is 0 Å². The van der Waals surface area contributed by atoms with E-state index in [0.29, 0.717) is 0 Å². The van der Waals surface area contributed by atoms with E-state index in [1.54, 1.807) is 17.7 Å². The van der Waals surface area contributed by atoms with Crippen molar-refractivity contribution in [3.05, 3.63) is 29.4 Å². The average molecular weight is 260 g/mol. The predicted octanol–water partition coefficient (Wildman–Crippen LogP) is 2.41. The van der Waals surface area contributed by atoms with Crippen molar-refractivity contribution in [1.29, 1.82) is 0 Å². The fourth-order valence-corrected chi connectivity index (χ4v) is 2.90. The lowest BCUT2D eigenvalue weighted by Gasteiger charge is -2.14. The number of rotatable bonds is 4. The van der Waals surface area contributed by atoms with Crippen LogP contribution in [0.25, 0.3) is 10.2 Å². The van der Waals surface area contributed by atoms with Crippen LogP contribution >= 0.6 is 11.3 Å². The maximum atomic E-state index is 4.31. The summed E-state index contributed by atoms with van der Waals surface area (Å²) in [4.78, 5) is 9.61. The van der Waals surface area contributed by atoms with Crippen molar-refractivity contribution in [1.82, 2.24) is 15.3 Å². The second-order valence-electron chi connectivity index (χ2n) is 4.35. The molecule has 0 aliphatic carbocycles. The number of nitrogens with one attached hydrogen (secondary N) is 2. The number of nitrogens with zero attached hydrogens (tertiary/aromatic N) is 2. The molecule has 0 saturated carbocycles. The molecule has 4 nitrogen and oxygen atoms in total. The number of hydrogen-bond donors (Lipinski definition) is 2. The van der Waals surface area contributed by atoms with Crippen LogP contribution < -0.4 is 10.6 Å². The Kier molecular flexibility index (Phi) is 3.52. The van der Waals surface area contributed by atoms with E-state index < -0.39 is 0 Å². The average Bonchev–Trinajstić information content (AvgIpc) is 2.89. The van der Waals surface area contributed by atoms with E-state index >= 15 is 0 Å². The fraction of sp³-hybridized carbons (Fsp3) is 0.385. The van der Waals surface area contributed by atoms with E-state index in [4.69, 9.17) is 0 Å². The van der Waals surface area contributed by atoms with Crippen LogP contribution in [0.4, 0.5) is 5.82 Å². The summed E-state index contributed by atoms with van der Waals surface area (Å²) in [7, 11) is 0. The van der Waals surface area contributed by atoms with Gasteiger partial charge in [-0.2, -0.15) is 0 Å². The number of aromatic nitrogens is 2. The zero-order chi connectivity index (χ0) is 12.2. The second-order valence-corrected chi connectivity index (χ2v) is 5.25. The molecule has 0 spiro atoms. The molecule has 0 fully saturated rings. The summed E-state index contributed by atoms with van der Waals surface area (Å²) in [6, 6.07) is 2.08. The first kappa shape index (κ1) is 11.6. The molecule has 0 atom stereocenters. The normalized spacial score (nSPS) is 15.7. The zero-order valence-corrected chi connectivity index (χ0v) is 11.0. The first-order valence-electron chi connectivity index (χ1n) is 6.24. The molecule has 2 N–H and O–H groups in total. The fourth-order valence-electron chi connectivity index (χ4n) is 2.17. The van der Waals surface area contributed by atoms with Crippen molar-refractivity contribution in [2.75, 3.05) is 25.0 Å². The smallest absolute Gasteiger partial charge is 0.138 e. The van der Waals surface area contributed by atoms with Crippen LogP contribution in [0.3, 0.4) is 0 Å². The summed E-state index contributed by atoms with van der Waals surface area (Å²) in [5.41, 5.74) is 1.54. The van der Waals surface area contributed by atoms with Gasteiger partial charge in [0.1, 0.15) is 17.0 Å². The molecule has 18 heavy (non-hydrogen) atoms. The summed E-state index contributed by atoms with van der Waals surface area (Å²) >= 11 is 1.65. The zero-order valence-electron chi connectivity index (χ0n) is 10.1. The Morgan fingerprint density at radius 3 is 3.28 bits per heavy atom. The van der Waals surface area contributed by atoms with Crippen molar-refractivity contribution in [3.8, 4) is 0 Å². The number of hydrogen-bond acceptors (Lipinski definition) is 5. The van der Waals surface area contributed by atoms with Gasteiger partial charge < -0.3 is 10.6 Å². The van der Waals surface area contributed by atoms with Crippen LogP contribution in [0.5, 0.6) is 0 Å². The van der Waals surface area contributed by atoms with Crippen molar-refractivity contribution < 1.29 is 0 Å². The third kappa shape index (κ3) is 2.52. The van der Waals surface area contributed by atoms with Crippen molar-refractivity contribution in [3.63, 3.8) is 0 Å². The molecule has 94 valence electrons. The van der Waals surface area contributed by atoms with E-state index in [0.717, 1.165) is 42.1 Å². The Labute approximate surface area is 110 Å². The molecule has 1 aliphatic rings. The first-order valence-corrected chi connectivity index (χ1v) is 7.12. The van der Waals surface area contributed by atoms with Crippen LogP contribution in [-0.4, -0.2) is 29.6 Å². The van der Waals surface area contributed by atoms with Crippen LogP contribution in [0.2, 0.25) is 0 Å². The quantitative estimate of drug-likeness (QED) is 0.829. The Morgan fingerprint density at radius 1 is 1.39 bits per heavy atom. The predicted molar refractivity (Wildman–Crippen MR) is 76.1 cm³/mol. The maximum Gasteiger partial charge on any atom is 0.138 e. The Hall–Kier alpha value is -1.46. The molecule has 0 amide bonds. The monoisotopic (exact) mass is 260 g/mol. The topological polar surface area (TPSA) is 49.8 Å². The SMILES string of the molecule is C1=C(CCNc2ncnc3sccc23)CCNC1.